The number of azo groups is 2. The summed E-state index contributed by atoms with van der Waals surface area (Å²) in [6.07, 6.45) is 0. The molecule has 0 aliphatic rings. The number of rotatable bonds is 9. The van der Waals surface area contributed by atoms with E-state index in [0.717, 1.165) is 34.6 Å². The first-order valence-corrected chi connectivity index (χ1v) is 16.7. The number of aromatic hydroxyl groups is 1. The van der Waals surface area contributed by atoms with Crippen molar-refractivity contribution in [1.82, 2.24) is 0 Å². The predicted octanol–water partition coefficient (Wildman–Crippen LogP) is 8.17. The molecule has 0 aliphatic carbocycles. The molecule has 47 heavy (non-hydrogen) atoms. The second-order valence-corrected chi connectivity index (χ2v) is 13.0. The van der Waals surface area contributed by atoms with Crippen LogP contribution >= 0.6 is 0 Å². The fraction of sp³-hybridized carbons (Fsp3) is 0.125. The van der Waals surface area contributed by atoms with Crippen molar-refractivity contribution in [3.63, 3.8) is 0 Å². The molecule has 0 saturated carbocycles. The molecule has 0 aromatic heterocycles. The van der Waals surface area contributed by atoms with E-state index >= 15 is 0 Å². The maximum Gasteiger partial charge on any atom is 0.295 e. The van der Waals surface area contributed by atoms with E-state index in [0.29, 0.717) is 35.3 Å². The fourth-order valence-corrected chi connectivity index (χ4v) is 6.08. The zero-order chi connectivity index (χ0) is 33.2. The average molecular weight is 684 g/mol. The summed E-state index contributed by atoms with van der Waals surface area (Å²) in [5.74, 6) is 0.296. The Bertz CT molecular complexity index is 2260. The Labute approximate surface area is 293 Å². The van der Waals surface area contributed by atoms with Crippen molar-refractivity contribution < 1.29 is 35.8 Å². The quantitative estimate of drug-likeness (QED) is 0.0788. The molecule has 237 valence electrons. The van der Waals surface area contributed by atoms with E-state index in [9.17, 15) is 31.0 Å². The molecule has 0 aliphatic heterocycles. The Morgan fingerprint density at radius 2 is 1.26 bits per heavy atom. The number of fused-ring (bicyclic) bond motifs is 1. The topological polar surface area (TPSA) is 188 Å². The van der Waals surface area contributed by atoms with Crippen LogP contribution in [-0.4, -0.2) is 67.2 Å². The Kier molecular flexibility index (Phi) is 11.0. The first kappa shape index (κ1) is 35.8. The van der Waals surface area contributed by atoms with Gasteiger partial charge in [-0.2, -0.15) is 32.2 Å². The van der Waals surface area contributed by atoms with Crippen molar-refractivity contribution in [3.05, 3.63) is 96.1 Å². The van der Waals surface area contributed by atoms with Crippen LogP contribution in [0.2, 0.25) is 0 Å². The van der Waals surface area contributed by atoms with Gasteiger partial charge in [0.15, 0.2) is 0 Å². The minimum absolute atomic E-state index is 0. The second-order valence-electron chi connectivity index (χ2n) is 10.2. The molecule has 0 atom stereocenters. The molecule has 0 spiro atoms. The molecule has 1 radical (unpaired) electrons. The summed E-state index contributed by atoms with van der Waals surface area (Å²) in [4.78, 5) is -1.63. The third-order valence-corrected chi connectivity index (χ3v) is 8.70. The SMILES string of the molecule is CCOc1ccc(N=Nc2ccc(-c3ccc(N=Nc4c(O)ccc5cc(S(=O)(=O)O)cc(S(=O)(=O)O)c45)c(C)c3)cc2C)cc1.[Na]. The zero-order valence-corrected chi connectivity index (χ0v) is 29.4. The number of hydrogen-bond donors (Lipinski definition) is 3. The maximum absolute atomic E-state index is 12.2. The molecule has 3 N–H and O–H groups in total. The van der Waals surface area contributed by atoms with Crippen LogP contribution in [0.15, 0.2) is 115 Å². The van der Waals surface area contributed by atoms with E-state index in [2.05, 4.69) is 20.5 Å². The Hall–Kier alpha value is -4.02. The molecule has 0 unspecified atom stereocenters. The number of phenolic OH excluding ortho intramolecular Hbond substituents is 1. The molecular weight excluding hydrogens is 655 g/mol. The standard InChI is InChI=1S/C32H28N4O8S2.Na/c1-4-44-25-10-8-24(9-11-25)33-34-27-12-5-21(15-19(27)2)22-6-13-28(20(3)16-22)35-36-32-29(37)14-7-23-17-26(45(38,39)40)18-30(31(23)32)46(41,42)43;/h5-18,37H,4H2,1-3H3,(H,38,39,40)(H,41,42,43);. The Balaban J connectivity index is 0.00000500. The van der Waals surface area contributed by atoms with Crippen LogP contribution in [-0.2, 0) is 20.2 Å². The normalized spacial score (nSPS) is 12.1. The summed E-state index contributed by atoms with van der Waals surface area (Å²) in [6, 6.07) is 22.5. The Morgan fingerprint density at radius 1 is 0.681 bits per heavy atom. The molecular formula is C32H28N4NaO8S2. The molecule has 0 amide bonds. The number of phenols is 1. The average Bonchev–Trinajstić information content (AvgIpc) is 3.00. The van der Waals surface area contributed by atoms with Gasteiger partial charge in [0.25, 0.3) is 20.2 Å². The van der Waals surface area contributed by atoms with Gasteiger partial charge in [-0.1, -0.05) is 18.2 Å². The molecule has 5 rings (SSSR count). The minimum atomic E-state index is -5.01. The molecule has 5 aromatic rings. The first-order chi connectivity index (χ1) is 21.7. The van der Waals surface area contributed by atoms with Crippen LogP contribution in [0.25, 0.3) is 21.9 Å². The second kappa shape index (κ2) is 14.4. The van der Waals surface area contributed by atoms with E-state index in [1.54, 1.807) is 13.0 Å². The molecule has 0 heterocycles. The van der Waals surface area contributed by atoms with E-state index in [1.807, 2.05) is 68.4 Å². The summed E-state index contributed by atoms with van der Waals surface area (Å²) < 4.78 is 72.5. The smallest absolute Gasteiger partial charge is 0.295 e. The summed E-state index contributed by atoms with van der Waals surface area (Å²) in [5.41, 5.74) is 4.91. The number of hydrogen-bond acceptors (Lipinski definition) is 10. The third-order valence-electron chi connectivity index (χ3n) is 6.99. The van der Waals surface area contributed by atoms with Crippen molar-refractivity contribution in [3.8, 4) is 22.6 Å². The zero-order valence-electron chi connectivity index (χ0n) is 25.8. The molecule has 0 fully saturated rings. The predicted molar refractivity (Wildman–Crippen MR) is 178 cm³/mol. The van der Waals surface area contributed by atoms with Gasteiger partial charge in [-0.25, -0.2) is 0 Å². The van der Waals surface area contributed by atoms with Crippen molar-refractivity contribution in [1.29, 1.82) is 0 Å². The van der Waals surface area contributed by atoms with Gasteiger partial charge in [0, 0.05) is 34.9 Å². The van der Waals surface area contributed by atoms with E-state index in [-0.39, 0.29) is 46.0 Å². The number of nitrogens with zero attached hydrogens (tertiary/aromatic N) is 4. The van der Waals surface area contributed by atoms with Crippen molar-refractivity contribution in [2.75, 3.05) is 6.61 Å². The molecule has 0 saturated heterocycles. The number of aryl methyl sites for hydroxylation is 2. The van der Waals surface area contributed by atoms with Crippen LogP contribution in [0.4, 0.5) is 22.7 Å². The monoisotopic (exact) mass is 683 g/mol. The van der Waals surface area contributed by atoms with Gasteiger partial charge in [-0.3, -0.25) is 9.11 Å². The van der Waals surface area contributed by atoms with Crippen LogP contribution in [0.1, 0.15) is 18.1 Å². The molecule has 0 bridgehead atoms. The van der Waals surface area contributed by atoms with Gasteiger partial charge in [-0.05, 0) is 115 Å². The molecule has 12 nitrogen and oxygen atoms in total. The summed E-state index contributed by atoms with van der Waals surface area (Å²) >= 11 is 0. The van der Waals surface area contributed by atoms with Gasteiger partial charge in [0.1, 0.15) is 22.1 Å². The summed E-state index contributed by atoms with van der Waals surface area (Å²) in [7, 11) is -9.83. The van der Waals surface area contributed by atoms with Crippen LogP contribution in [0, 0.1) is 13.8 Å². The van der Waals surface area contributed by atoms with Gasteiger partial charge < -0.3 is 9.84 Å². The van der Waals surface area contributed by atoms with Crippen LogP contribution in [0.3, 0.4) is 0 Å². The van der Waals surface area contributed by atoms with E-state index in [1.165, 1.54) is 6.07 Å². The number of benzene rings is 5. The molecule has 5 aromatic carbocycles. The van der Waals surface area contributed by atoms with Crippen LogP contribution < -0.4 is 4.74 Å². The van der Waals surface area contributed by atoms with Gasteiger partial charge in [0.05, 0.1) is 28.6 Å². The van der Waals surface area contributed by atoms with Crippen molar-refractivity contribution >= 4 is 83.3 Å². The largest absolute Gasteiger partial charge is 0.506 e. The van der Waals surface area contributed by atoms with E-state index in [4.69, 9.17) is 4.74 Å². The first-order valence-electron chi connectivity index (χ1n) is 13.8. The summed E-state index contributed by atoms with van der Waals surface area (Å²) in [5, 5.41) is 27.2. The van der Waals surface area contributed by atoms with Crippen molar-refractivity contribution in [2.45, 2.75) is 30.6 Å². The molecule has 15 heteroatoms. The minimum Gasteiger partial charge on any atom is -0.506 e. The van der Waals surface area contributed by atoms with Gasteiger partial charge in [0.2, 0.25) is 0 Å². The van der Waals surface area contributed by atoms with Gasteiger partial charge in [-0.15, -0.1) is 5.11 Å². The Morgan fingerprint density at radius 3 is 1.77 bits per heavy atom. The maximum atomic E-state index is 12.2. The van der Waals surface area contributed by atoms with Crippen molar-refractivity contribution in [2.24, 2.45) is 20.5 Å². The fourth-order valence-electron chi connectivity index (χ4n) is 4.71. The third kappa shape index (κ3) is 8.29. The van der Waals surface area contributed by atoms with Gasteiger partial charge >= 0.3 is 0 Å². The number of ether oxygens (including phenoxy) is 1. The summed E-state index contributed by atoms with van der Waals surface area (Å²) in [6.45, 7) is 6.24. The van der Waals surface area contributed by atoms with E-state index < -0.39 is 35.8 Å². The van der Waals surface area contributed by atoms with Crippen LogP contribution in [0.5, 0.6) is 11.5 Å².